The largest absolute Gasteiger partial charge is 0.259 e. The van der Waals surface area contributed by atoms with E-state index < -0.39 is 0 Å². The van der Waals surface area contributed by atoms with Crippen LogP contribution in [0.4, 0.5) is 0 Å². The molecule has 0 N–H and O–H groups in total. The summed E-state index contributed by atoms with van der Waals surface area (Å²) in [5.74, 6) is 2.00. The number of aryl methyl sites for hydroxylation is 1. The smallest absolute Gasteiger partial charge is 0.234 e. The molecule has 0 spiro atoms. The number of rotatable bonds is 11. The van der Waals surface area contributed by atoms with Gasteiger partial charge in [-0.2, -0.15) is 0 Å². The number of hydrogen-bond donors (Lipinski definition) is 0. The SMILES string of the molecule is CCCCCCCCC[n+]1ccn(Cc2ccccc2)c1C(C)C. The second-order valence-electron chi connectivity index (χ2n) is 7.24. The van der Waals surface area contributed by atoms with Crippen molar-refractivity contribution in [3.05, 3.63) is 54.1 Å². The minimum Gasteiger partial charge on any atom is -0.234 e. The van der Waals surface area contributed by atoms with Crippen molar-refractivity contribution in [1.29, 1.82) is 0 Å². The van der Waals surface area contributed by atoms with Crippen molar-refractivity contribution in [3.63, 3.8) is 0 Å². The van der Waals surface area contributed by atoms with Crippen LogP contribution < -0.4 is 4.57 Å². The lowest BCUT2D eigenvalue weighted by atomic mass is 10.1. The fourth-order valence-electron chi connectivity index (χ4n) is 3.48. The Balaban J connectivity index is 1.88. The van der Waals surface area contributed by atoms with Crippen LogP contribution in [0.25, 0.3) is 0 Å². The first kappa shape index (κ1) is 18.8. The van der Waals surface area contributed by atoms with E-state index >= 15 is 0 Å². The van der Waals surface area contributed by atoms with Crippen LogP contribution in [0.1, 0.15) is 83.0 Å². The van der Waals surface area contributed by atoms with E-state index in [1.165, 1.54) is 56.3 Å². The van der Waals surface area contributed by atoms with Gasteiger partial charge in [-0.3, -0.25) is 0 Å². The van der Waals surface area contributed by atoms with Gasteiger partial charge in [0.05, 0.1) is 12.5 Å². The standard InChI is InChI=1S/C22H35N2/c1-4-5-6-7-8-9-13-16-23-17-18-24(22(23)20(2)3)19-21-14-11-10-12-15-21/h10-12,14-15,17-18,20H,4-9,13,16,19H2,1-3H3/q+1. The maximum atomic E-state index is 2.47. The van der Waals surface area contributed by atoms with Gasteiger partial charge in [-0.15, -0.1) is 0 Å². The molecule has 1 aromatic heterocycles. The van der Waals surface area contributed by atoms with Gasteiger partial charge in [0.1, 0.15) is 18.9 Å². The Hall–Kier alpha value is -1.57. The quantitative estimate of drug-likeness (QED) is 0.370. The summed E-state index contributed by atoms with van der Waals surface area (Å²) in [5.41, 5.74) is 1.37. The first-order valence-electron chi connectivity index (χ1n) is 9.84. The molecule has 0 saturated carbocycles. The summed E-state index contributed by atoms with van der Waals surface area (Å²) < 4.78 is 4.89. The van der Waals surface area contributed by atoms with Gasteiger partial charge in [-0.1, -0.05) is 83.2 Å². The normalized spacial score (nSPS) is 11.3. The number of imidazole rings is 1. The maximum absolute atomic E-state index is 2.47. The number of hydrogen-bond acceptors (Lipinski definition) is 0. The maximum Gasteiger partial charge on any atom is 0.259 e. The topological polar surface area (TPSA) is 8.81 Å². The van der Waals surface area contributed by atoms with Crippen molar-refractivity contribution in [2.45, 2.75) is 84.7 Å². The molecule has 24 heavy (non-hydrogen) atoms. The lowest BCUT2D eigenvalue weighted by molar-refractivity contribution is -0.705. The molecule has 0 fully saturated rings. The second-order valence-corrected chi connectivity index (χ2v) is 7.24. The Morgan fingerprint density at radius 2 is 1.58 bits per heavy atom. The molecule has 0 saturated heterocycles. The van der Waals surface area contributed by atoms with E-state index in [0.717, 1.165) is 13.1 Å². The minimum absolute atomic E-state index is 0.549. The molecule has 0 aliphatic carbocycles. The van der Waals surface area contributed by atoms with Gasteiger partial charge in [0.15, 0.2) is 0 Å². The Kier molecular flexibility index (Phi) is 8.07. The van der Waals surface area contributed by atoms with Crippen molar-refractivity contribution < 1.29 is 4.57 Å². The molecule has 0 atom stereocenters. The average Bonchev–Trinajstić information content (AvgIpc) is 2.98. The molecule has 132 valence electrons. The number of aromatic nitrogens is 2. The molecule has 2 nitrogen and oxygen atoms in total. The molecule has 0 bridgehead atoms. The van der Waals surface area contributed by atoms with E-state index in [9.17, 15) is 0 Å². The number of nitrogens with zero attached hydrogens (tertiary/aromatic N) is 2. The summed E-state index contributed by atoms with van der Waals surface area (Å²) in [5, 5.41) is 0. The third-order valence-corrected chi connectivity index (χ3v) is 4.73. The molecule has 2 rings (SSSR count). The molecule has 0 aliphatic heterocycles. The van der Waals surface area contributed by atoms with Crippen LogP contribution in [0.2, 0.25) is 0 Å². The van der Waals surface area contributed by atoms with Crippen molar-refractivity contribution >= 4 is 0 Å². The van der Waals surface area contributed by atoms with Crippen LogP contribution >= 0.6 is 0 Å². The summed E-state index contributed by atoms with van der Waals surface area (Å²) in [7, 11) is 0. The monoisotopic (exact) mass is 327 g/mol. The zero-order valence-electron chi connectivity index (χ0n) is 15.9. The zero-order valence-corrected chi connectivity index (χ0v) is 15.9. The predicted molar refractivity (Wildman–Crippen MR) is 102 cm³/mol. The summed E-state index contributed by atoms with van der Waals surface area (Å²) >= 11 is 0. The fraction of sp³-hybridized carbons (Fsp3) is 0.591. The van der Waals surface area contributed by atoms with Gasteiger partial charge >= 0.3 is 0 Å². The third-order valence-electron chi connectivity index (χ3n) is 4.73. The molecule has 1 aromatic carbocycles. The number of benzene rings is 1. The lowest BCUT2D eigenvalue weighted by Crippen LogP contribution is -2.38. The van der Waals surface area contributed by atoms with E-state index in [1.54, 1.807) is 0 Å². The van der Waals surface area contributed by atoms with Gasteiger partial charge in [-0.25, -0.2) is 9.13 Å². The molecule has 0 radical (unpaired) electrons. The molecule has 2 aromatic rings. The predicted octanol–water partition coefficient (Wildman–Crippen LogP) is 5.70. The molecule has 0 aliphatic rings. The van der Waals surface area contributed by atoms with Crippen LogP contribution in [-0.4, -0.2) is 4.57 Å². The third kappa shape index (κ3) is 5.81. The average molecular weight is 328 g/mol. The summed E-state index contributed by atoms with van der Waals surface area (Å²) in [4.78, 5) is 0. The molecule has 0 amide bonds. The Morgan fingerprint density at radius 3 is 2.25 bits per heavy atom. The van der Waals surface area contributed by atoms with Crippen molar-refractivity contribution in [3.8, 4) is 0 Å². The second kappa shape index (κ2) is 10.3. The van der Waals surface area contributed by atoms with Gasteiger partial charge in [-0.05, 0) is 18.4 Å². The fourth-order valence-corrected chi connectivity index (χ4v) is 3.48. The highest BCUT2D eigenvalue weighted by atomic mass is 15.1. The molecular weight excluding hydrogens is 292 g/mol. The molecular formula is C22H35N2+. The zero-order chi connectivity index (χ0) is 17.2. The van der Waals surface area contributed by atoms with E-state index in [-0.39, 0.29) is 0 Å². The highest BCUT2D eigenvalue weighted by Crippen LogP contribution is 2.14. The van der Waals surface area contributed by atoms with Crippen LogP contribution in [0.3, 0.4) is 0 Å². The molecule has 2 heteroatoms. The first-order chi connectivity index (χ1) is 11.7. The highest BCUT2D eigenvalue weighted by Gasteiger charge is 2.20. The van der Waals surface area contributed by atoms with Crippen molar-refractivity contribution in [2.75, 3.05) is 0 Å². The van der Waals surface area contributed by atoms with Gasteiger partial charge in [0, 0.05) is 0 Å². The van der Waals surface area contributed by atoms with Crippen LogP contribution in [0.15, 0.2) is 42.7 Å². The van der Waals surface area contributed by atoms with Crippen LogP contribution in [0.5, 0.6) is 0 Å². The minimum atomic E-state index is 0.549. The van der Waals surface area contributed by atoms with Gasteiger partial charge in [0.2, 0.25) is 0 Å². The Morgan fingerprint density at radius 1 is 0.917 bits per heavy atom. The van der Waals surface area contributed by atoms with Gasteiger partial charge in [0.25, 0.3) is 5.82 Å². The molecule has 1 heterocycles. The van der Waals surface area contributed by atoms with Crippen LogP contribution in [0, 0.1) is 0 Å². The number of unbranched alkanes of at least 4 members (excludes halogenated alkanes) is 6. The van der Waals surface area contributed by atoms with E-state index in [0.29, 0.717) is 5.92 Å². The van der Waals surface area contributed by atoms with E-state index in [1.807, 2.05) is 0 Å². The highest BCUT2D eigenvalue weighted by molar-refractivity contribution is 5.15. The van der Waals surface area contributed by atoms with E-state index in [2.05, 4.69) is 72.6 Å². The summed E-state index contributed by atoms with van der Waals surface area (Å²) in [6, 6.07) is 10.8. The Labute approximate surface area is 148 Å². The molecule has 0 unspecified atom stereocenters. The van der Waals surface area contributed by atoms with Crippen molar-refractivity contribution in [2.24, 2.45) is 0 Å². The first-order valence-corrected chi connectivity index (χ1v) is 9.84. The van der Waals surface area contributed by atoms with E-state index in [4.69, 9.17) is 0 Å². The Bertz CT molecular complexity index is 569. The summed E-state index contributed by atoms with van der Waals surface area (Å²) in [6.45, 7) is 9.02. The van der Waals surface area contributed by atoms with Crippen molar-refractivity contribution in [1.82, 2.24) is 4.57 Å². The van der Waals surface area contributed by atoms with Gasteiger partial charge < -0.3 is 0 Å². The summed E-state index contributed by atoms with van der Waals surface area (Å²) in [6.07, 6.45) is 14.1. The lowest BCUT2D eigenvalue weighted by Gasteiger charge is -2.08. The van der Waals surface area contributed by atoms with Crippen LogP contribution in [-0.2, 0) is 13.1 Å².